The lowest BCUT2D eigenvalue weighted by atomic mass is 9.85. The summed E-state index contributed by atoms with van der Waals surface area (Å²) in [4.78, 5) is 53.0. The second-order valence-corrected chi connectivity index (χ2v) is 12.3. The average Bonchev–Trinajstić information content (AvgIpc) is 3.30. The Morgan fingerprint density at radius 2 is 1.29 bits per heavy atom. The van der Waals surface area contributed by atoms with Crippen molar-refractivity contribution in [1.29, 1.82) is 0 Å². The first kappa shape index (κ1) is 28.0. The Balaban J connectivity index is 2.14. The van der Waals surface area contributed by atoms with Gasteiger partial charge in [-0.05, 0) is 32.0 Å². The summed E-state index contributed by atoms with van der Waals surface area (Å²) in [6.07, 6.45) is 0. The highest BCUT2D eigenvalue weighted by Gasteiger charge is 2.60. The summed E-state index contributed by atoms with van der Waals surface area (Å²) in [6.45, 7) is 3.85. The molecule has 0 amide bonds. The third kappa shape index (κ3) is 4.26. The van der Waals surface area contributed by atoms with Crippen LogP contribution in [0.5, 0.6) is 5.75 Å². The molecule has 202 valence electrons. The van der Waals surface area contributed by atoms with E-state index < -0.39 is 33.5 Å². The van der Waals surface area contributed by atoms with Crippen LogP contribution in [-0.2, 0) is 38.1 Å². The van der Waals surface area contributed by atoms with Crippen LogP contribution in [0.2, 0.25) is 0 Å². The van der Waals surface area contributed by atoms with E-state index in [0.717, 1.165) is 41.0 Å². The van der Waals surface area contributed by atoms with Gasteiger partial charge in [-0.3, -0.25) is 0 Å². The summed E-state index contributed by atoms with van der Waals surface area (Å²) < 4.78 is 24.1. The third-order valence-corrected chi connectivity index (χ3v) is 10.7. The van der Waals surface area contributed by atoms with Crippen molar-refractivity contribution < 1.29 is 42.9 Å². The van der Waals surface area contributed by atoms with Crippen molar-refractivity contribution in [3.63, 3.8) is 0 Å². The Labute approximate surface area is 231 Å². The van der Waals surface area contributed by atoms with Crippen molar-refractivity contribution in [3.05, 3.63) is 49.0 Å². The van der Waals surface area contributed by atoms with E-state index in [1.54, 1.807) is 12.1 Å². The number of benzene rings is 1. The van der Waals surface area contributed by atoms with E-state index in [-0.39, 0.29) is 20.3 Å². The fourth-order valence-electron chi connectivity index (χ4n) is 4.35. The first-order chi connectivity index (χ1) is 18.0. The fraction of sp³-hybridized carbons (Fsp3) is 0.360. The van der Waals surface area contributed by atoms with Crippen LogP contribution in [0.15, 0.2) is 43.4 Å². The van der Waals surface area contributed by atoms with Gasteiger partial charge in [0.1, 0.15) is 24.5 Å². The second-order valence-electron chi connectivity index (χ2n) is 8.62. The number of methoxy groups -OCH3 is 5. The molecule has 0 bridgehead atoms. The number of fused-ring (bicyclic) bond motifs is 3. The molecule has 13 heteroatoms. The van der Waals surface area contributed by atoms with E-state index >= 15 is 0 Å². The molecule has 10 nitrogen and oxygen atoms in total. The maximum atomic E-state index is 13.5. The Morgan fingerprint density at radius 3 is 1.79 bits per heavy atom. The van der Waals surface area contributed by atoms with Gasteiger partial charge in [0.05, 0.1) is 46.7 Å². The molecule has 0 fully saturated rings. The van der Waals surface area contributed by atoms with Crippen molar-refractivity contribution in [3.8, 4) is 5.75 Å². The zero-order valence-corrected chi connectivity index (χ0v) is 24.1. The van der Waals surface area contributed by atoms with Gasteiger partial charge in [-0.15, -0.1) is 0 Å². The molecule has 3 aliphatic rings. The Kier molecular flexibility index (Phi) is 7.56. The third-order valence-electron chi connectivity index (χ3n) is 6.03. The van der Waals surface area contributed by atoms with Gasteiger partial charge in [0.2, 0.25) is 0 Å². The van der Waals surface area contributed by atoms with Crippen molar-refractivity contribution in [2.24, 2.45) is 0 Å². The van der Waals surface area contributed by atoms with Crippen LogP contribution in [0.4, 0.5) is 5.69 Å². The molecule has 1 N–H and O–H groups in total. The number of carbonyl (C=O) groups is 4. The van der Waals surface area contributed by atoms with Gasteiger partial charge in [-0.2, -0.15) is 0 Å². The maximum Gasteiger partial charge on any atom is 0.345 e. The lowest BCUT2D eigenvalue weighted by Gasteiger charge is -2.46. The van der Waals surface area contributed by atoms with Gasteiger partial charge in [0, 0.05) is 21.7 Å². The molecular weight excluding hydrogens is 554 g/mol. The van der Waals surface area contributed by atoms with Crippen molar-refractivity contribution in [2.75, 3.05) is 40.9 Å². The molecule has 38 heavy (non-hydrogen) atoms. The highest BCUT2D eigenvalue weighted by Crippen LogP contribution is 2.70. The van der Waals surface area contributed by atoms with E-state index in [4.69, 9.17) is 23.7 Å². The molecule has 1 aromatic carbocycles. The smallest absolute Gasteiger partial charge is 0.345 e. The van der Waals surface area contributed by atoms with Crippen LogP contribution in [0.25, 0.3) is 5.57 Å². The van der Waals surface area contributed by atoms with Gasteiger partial charge in [-0.1, -0.05) is 35.3 Å². The first-order valence-corrected chi connectivity index (χ1v) is 13.5. The van der Waals surface area contributed by atoms with Crippen LogP contribution in [-0.4, -0.2) is 69.0 Å². The number of hydrogen-bond donors (Lipinski definition) is 1. The zero-order valence-electron chi connectivity index (χ0n) is 21.6. The number of anilines is 1. The number of carbonyl (C=O) groups excluding carboxylic acids is 4. The highest BCUT2D eigenvalue weighted by molar-refractivity contribution is 8.26. The van der Waals surface area contributed by atoms with Crippen LogP contribution in [0, 0.1) is 0 Å². The molecule has 3 heterocycles. The molecule has 4 rings (SSSR count). The average molecular weight is 580 g/mol. The molecule has 0 radical (unpaired) electrons. The first-order valence-electron chi connectivity index (χ1n) is 11.1. The maximum absolute atomic E-state index is 13.5. The number of hydrogen-bond acceptors (Lipinski definition) is 13. The standard InChI is InChI=1S/C25H25NO9S3/c1-24(2)19-14(12-10-11(31-3)8-9-13(12)26-24)25(15(20(27)32-4)16(36-19)21(28)33-5)37-17(22(29)34-6)18(38-25)23(30)35-7/h8-10,26H,1-7H3. The van der Waals surface area contributed by atoms with Crippen LogP contribution in [0.1, 0.15) is 19.4 Å². The van der Waals surface area contributed by atoms with Crippen LogP contribution < -0.4 is 10.1 Å². The predicted molar refractivity (Wildman–Crippen MR) is 145 cm³/mol. The van der Waals surface area contributed by atoms with Gasteiger partial charge >= 0.3 is 23.9 Å². The van der Waals surface area contributed by atoms with E-state index in [1.807, 2.05) is 19.9 Å². The van der Waals surface area contributed by atoms with Crippen molar-refractivity contribution in [1.82, 2.24) is 0 Å². The SMILES string of the molecule is COC(=O)C1=C(C(=O)OC)SC2(S1)C(C(=O)OC)=C(C(=O)OC)SC1=C2c2cc(OC)ccc2NC1(C)C. The molecule has 0 unspecified atom stereocenters. The molecule has 0 saturated carbocycles. The van der Waals surface area contributed by atoms with E-state index in [0.29, 0.717) is 21.8 Å². The Morgan fingerprint density at radius 1 is 0.763 bits per heavy atom. The van der Waals surface area contributed by atoms with Crippen molar-refractivity contribution >= 4 is 70.4 Å². The monoisotopic (exact) mass is 579 g/mol. The van der Waals surface area contributed by atoms with E-state index in [2.05, 4.69) is 5.32 Å². The fourth-order valence-corrected chi connectivity index (χ4v) is 9.37. The van der Waals surface area contributed by atoms with Gasteiger partial charge in [0.25, 0.3) is 0 Å². The molecule has 0 aromatic heterocycles. The number of thioether (sulfide) groups is 3. The quantitative estimate of drug-likeness (QED) is 0.403. The highest BCUT2D eigenvalue weighted by atomic mass is 32.2. The number of rotatable bonds is 5. The molecule has 1 spiro atoms. The summed E-state index contributed by atoms with van der Waals surface area (Å²) in [7, 11) is 6.30. The van der Waals surface area contributed by atoms with E-state index in [1.165, 1.54) is 35.5 Å². The molecule has 0 aliphatic carbocycles. The predicted octanol–water partition coefficient (Wildman–Crippen LogP) is 3.69. The Hall–Kier alpha value is -3.03. The minimum atomic E-state index is -1.52. The van der Waals surface area contributed by atoms with Crippen molar-refractivity contribution in [2.45, 2.75) is 23.5 Å². The van der Waals surface area contributed by atoms with Gasteiger partial charge < -0.3 is 29.0 Å². The number of nitrogens with one attached hydrogen (secondary N) is 1. The van der Waals surface area contributed by atoms with Crippen LogP contribution >= 0.6 is 35.3 Å². The largest absolute Gasteiger partial charge is 0.497 e. The lowest BCUT2D eigenvalue weighted by molar-refractivity contribution is -0.138. The number of esters is 4. The summed E-state index contributed by atoms with van der Waals surface area (Å²) in [6, 6.07) is 5.43. The minimum absolute atomic E-state index is 0.0188. The summed E-state index contributed by atoms with van der Waals surface area (Å²) in [5.41, 5.74) is 1.18. The van der Waals surface area contributed by atoms with E-state index in [9.17, 15) is 19.2 Å². The topological polar surface area (TPSA) is 126 Å². The van der Waals surface area contributed by atoms with Gasteiger partial charge in [-0.25, -0.2) is 19.2 Å². The molecule has 0 saturated heterocycles. The summed E-state index contributed by atoms with van der Waals surface area (Å²) >= 11 is 2.93. The normalized spacial score (nSPS) is 18.8. The Bertz CT molecular complexity index is 1330. The summed E-state index contributed by atoms with van der Waals surface area (Å²) in [5, 5.41) is 3.48. The molecule has 0 atom stereocenters. The van der Waals surface area contributed by atoms with Crippen LogP contribution in [0.3, 0.4) is 0 Å². The second kappa shape index (κ2) is 10.3. The molecular formula is C25H25NO9S3. The molecule has 3 aliphatic heterocycles. The van der Waals surface area contributed by atoms with Gasteiger partial charge in [0.15, 0.2) is 0 Å². The lowest BCUT2D eigenvalue weighted by Crippen LogP contribution is -2.44. The summed E-state index contributed by atoms with van der Waals surface area (Å²) in [5.74, 6) is -2.62. The minimum Gasteiger partial charge on any atom is -0.497 e. The number of ether oxygens (including phenoxy) is 5. The molecule has 1 aromatic rings. The zero-order chi connectivity index (χ0) is 28.0.